The molecule has 0 radical (unpaired) electrons. The minimum atomic E-state index is -0.0826. The molecular weight excluding hydrogens is 552 g/mol. The van der Waals surface area contributed by atoms with E-state index < -0.39 is 0 Å². The Balaban J connectivity index is 0.00000288. The van der Waals surface area contributed by atoms with Crippen molar-refractivity contribution in [3.63, 3.8) is 0 Å². The van der Waals surface area contributed by atoms with Crippen molar-refractivity contribution in [2.75, 3.05) is 33.3 Å². The Morgan fingerprint density at radius 3 is 2.96 bits per heavy atom. The number of hydrogen-bond donors (Lipinski definition) is 1. The summed E-state index contributed by atoms with van der Waals surface area (Å²) in [6.07, 6.45) is 2.88. The highest BCUT2D eigenvalue weighted by atomic mass is 127. The van der Waals surface area contributed by atoms with E-state index in [1.165, 1.54) is 7.76 Å². The molecule has 136 valence electrons. The minimum Gasteiger partial charge on any atom is -0.466 e. The van der Waals surface area contributed by atoms with Gasteiger partial charge in [0.15, 0.2) is 5.96 Å². The number of hydrogen-bond acceptors (Lipinski definition) is 4. The Morgan fingerprint density at radius 1 is 1.54 bits per heavy atom. The summed E-state index contributed by atoms with van der Waals surface area (Å²) in [6.45, 7) is 4.78. The van der Waals surface area contributed by atoms with Crippen LogP contribution in [0.2, 0.25) is 0 Å². The first-order valence-electron chi connectivity index (χ1n) is 8.00. The molecule has 1 aromatic rings. The number of nitrogens with one attached hydrogen (secondary N) is 1. The zero-order chi connectivity index (χ0) is 16.7. The molecule has 1 unspecified atom stereocenters. The van der Waals surface area contributed by atoms with E-state index in [2.05, 4.69) is 49.9 Å². The van der Waals surface area contributed by atoms with Crippen molar-refractivity contribution in [2.24, 2.45) is 10.9 Å². The van der Waals surface area contributed by atoms with Gasteiger partial charge in [0.05, 0.1) is 15.4 Å². The smallest absolute Gasteiger partial charge is 0.310 e. The molecule has 1 aliphatic heterocycles. The lowest BCUT2D eigenvalue weighted by Crippen LogP contribution is -2.48. The number of likely N-dealkylation sites (tertiary alicyclic amines) is 1. The molecule has 0 aliphatic carbocycles. The molecule has 0 amide bonds. The summed E-state index contributed by atoms with van der Waals surface area (Å²) in [4.78, 5) is 19.9. The highest BCUT2D eigenvalue weighted by molar-refractivity contribution is 14.1. The maximum Gasteiger partial charge on any atom is 0.310 e. The van der Waals surface area contributed by atoms with Crippen molar-refractivity contribution < 1.29 is 9.53 Å². The number of ether oxygens (including phenoxy) is 1. The number of nitrogens with zero attached hydrogens (tertiary/aromatic N) is 2. The lowest BCUT2D eigenvalue weighted by Gasteiger charge is -2.33. The van der Waals surface area contributed by atoms with Gasteiger partial charge in [-0.25, -0.2) is 0 Å². The van der Waals surface area contributed by atoms with Crippen LogP contribution in [0.3, 0.4) is 0 Å². The van der Waals surface area contributed by atoms with Crippen LogP contribution in [-0.4, -0.2) is 50.1 Å². The second-order valence-corrected chi connectivity index (χ2v) is 8.53. The molecule has 1 aliphatic rings. The maximum absolute atomic E-state index is 11.9. The number of carbonyl (C=O) groups is 1. The predicted molar refractivity (Wildman–Crippen MR) is 118 cm³/mol. The Hall–Kier alpha value is -0.1000. The standard InChI is InChI=1S/C16H24IN3O2S.HI/c1-3-22-15(21)12-5-4-10-20(11-12)16(18-2)19-9-8-13-6-7-14(17)23-13;/h6-7,12H,3-5,8-11H2,1-2H3,(H,18,19);1H. The summed E-state index contributed by atoms with van der Waals surface area (Å²) >= 11 is 4.17. The summed E-state index contributed by atoms with van der Waals surface area (Å²) < 4.78 is 6.47. The van der Waals surface area contributed by atoms with Crippen molar-refractivity contribution >= 4 is 69.8 Å². The predicted octanol–water partition coefficient (Wildman–Crippen LogP) is 3.36. The van der Waals surface area contributed by atoms with Crippen LogP contribution in [0.1, 0.15) is 24.6 Å². The first-order valence-corrected chi connectivity index (χ1v) is 9.90. The van der Waals surface area contributed by atoms with E-state index >= 15 is 0 Å². The van der Waals surface area contributed by atoms with Gasteiger partial charge in [-0.3, -0.25) is 9.79 Å². The monoisotopic (exact) mass is 577 g/mol. The summed E-state index contributed by atoms with van der Waals surface area (Å²) in [7, 11) is 1.80. The second-order valence-electron chi connectivity index (χ2n) is 5.47. The van der Waals surface area contributed by atoms with Crippen LogP contribution in [-0.2, 0) is 16.0 Å². The average molecular weight is 577 g/mol. The van der Waals surface area contributed by atoms with Crippen LogP contribution in [0.5, 0.6) is 0 Å². The SMILES string of the molecule is CCOC(=O)C1CCCN(C(=NC)NCCc2ccc(I)s2)C1.I. The summed E-state index contributed by atoms with van der Waals surface area (Å²) in [5.74, 6) is 0.757. The molecule has 1 N–H and O–H groups in total. The van der Waals surface area contributed by atoms with Crippen molar-refractivity contribution in [1.29, 1.82) is 0 Å². The van der Waals surface area contributed by atoms with E-state index in [0.29, 0.717) is 13.2 Å². The third-order valence-electron chi connectivity index (χ3n) is 3.84. The van der Waals surface area contributed by atoms with Gasteiger partial charge in [0.25, 0.3) is 0 Å². The Kier molecular flexibility index (Phi) is 10.5. The highest BCUT2D eigenvalue weighted by Crippen LogP contribution is 2.19. The fourth-order valence-corrected chi connectivity index (χ4v) is 4.49. The van der Waals surface area contributed by atoms with E-state index in [-0.39, 0.29) is 35.9 Å². The van der Waals surface area contributed by atoms with E-state index in [4.69, 9.17) is 4.74 Å². The van der Waals surface area contributed by atoms with Gasteiger partial charge in [0.1, 0.15) is 0 Å². The molecular formula is C16H25I2N3O2S. The molecule has 2 rings (SSSR count). The van der Waals surface area contributed by atoms with Crippen LogP contribution in [0.15, 0.2) is 17.1 Å². The van der Waals surface area contributed by atoms with Gasteiger partial charge < -0.3 is 15.0 Å². The average Bonchev–Trinajstić information content (AvgIpc) is 2.97. The zero-order valence-corrected chi connectivity index (χ0v) is 19.4. The number of carbonyl (C=O) groups excluding carboxylic acids is 1. The number of thiophene rings is 1. The van der Waals surface area contributed by atoms with Crippen molar-refractivity contribution in [3.05, 3.63) is 19.9 Å². The van der Waals surface area contributed by atoms with Crippen LogP contribution in [0.4, 0.5) is 0 Å². The fraction of sp³-hybridized carbons (Fsp3) is 0.625. The molecule has 0 bridgehead atoms. The first kappa shape index (κ1) is 21.9. The maximum atomic E-state index is 11.9. The number of guanidine groups is 1. The molecule has 0 aromatic carbocycles. The Labute approximate surface area is 178 Å². The normalized spacial score (nSPS) is 18.0. The molecule has 24 heavy (non-hydrogen) atoms. The highest BCUT2D eigenvalue weighted by Gasteiger charge is 2.28. The number of aliphatic imine (C=N–C) groups is 1. The Bertz CT molecular complexity index is 551. The van der Waals surface area contributed by atoms with Gasteiger partial charge >= 0.3 is 5.97 Å². The molecule has 1 aromatic heterocycles. The van der Waals surface area contributed by atoms with Crippen molar-refractivity contribution in [1.82, 2.24) is 10.2 Å². The number of rotatable bonds is 5. The van der Waals surface area contributed by atoms with Crippen molar-refractivity contribution in [2.45, 2.75) is 26.2 Å². The molecule has 1 atom stereocenters. The Morgan fingerprint density at radius 2 is 2.33 bits per heavy atom. The fourth-order valence-electron chi connectivity index (χ4n) is 2.74. The molecule has 1 fully saturated rings. The topological polar surface area (TPSA) is 53.9 Å². The third-order valence-corrected chi connectivity index (χ3v) is 5.79. The van der Waals surface area contributed by atoms with Crippen LogP contribution in [0, 0.1) is 8.80 Å². The van der Waals surface area contributed by atoms with Gasteiger partial charge in [0.2, 0.25) is 0 Å². The van der Waals surface area contributed by atoms with E-state index in [9.17, 15) is 4.79 Å². The third kappa shape index (κ3) is 6.66. The molecule has 0 spiro atoms. The molecule has 0 saturated carbocycles. The van der Waals surface area contributed by atoms with E-state index in [0.717, 1.165) is 38.3 Å². The number of halogens is 2. The van der Waals surface area contributed by atoms with Gasteiger partial charge in [0, 0.05) is 31.6 Å². The van der Waals surface area contributed by atoms with Crippen LogP contribution >= 0.6 is 57.9 Å². The summed E-state index contributed by atoms with van der Waals surface area (Å²) in [5, 5.41) is 3.42. The lowest BCUT2D eigenvalue weighted by atomic mass is 9.98. The van der Waals surface area contributed by atoms with Crippen molar-refractivity contribution in [3.8, 4) is 0 Å². The zero-order valence-electron chi connectivity index (χ0n) is 14.1. The van der Waals surface area contributed by atoms with E-state index in [1.807, 2.05) is 18.3 Å². The molecule has 8 heteroatoms. The first-order chi connectivity index (χ1) is 11.1. The van der Waals surface area contributed by atoms with Crippen LogP contribution in [0.25, 0.3) is 0 Å². The quantitative estimate of drug-likeness (QED) is 0.253. The number of esters is 1. The number of piperidine rings is 1. The molecule has 1 saturated heterocycles. The second kappa shape index (κ2) is 11.5. The summed E-state index contributed by atoms with van der Waals surface area (Å²) in [6, 6.07) is 4.32. The van der Waals surface area contributed by atoms with Gasteiger partial charge in [-0.2, -0.15) is 0 Å². The van der Waals surface area contributed by atoms with Gasteiger partial charge in [-0.15, -0.1) is 35.3 Å². The van der Waals surface area contributed by atoms with Gasteiger partial charge in [-0.05, 0) is 60.9 Å². The van der Waals surface area contributed by atoms with Gasteiger partial charge in [-0.1, -0.05) is 0 Å². The lowest BCUT2D eigenvalue weighted by molar-refractivity contribution is -0.149. The largest absolute Gasteiger partial charge is 0.466 e. The minimum absolute atomic E-state index is 0. The molecule has 2 heterocycles. The summed E-state index contributed by atoms with van der Waals surface area (Å²) in [5.41, 5.74) is 0. The van der Waals surface area contributed by atoms with E-state index in [1.54, 1.807) is 7.05 Å². The van der Waals surface area contributed by atoms with Crippen LogP contribution < -0.4 is 5.32 Å². The molecule has 5 nitrogen and oxygen atoms in total.